The Hall–Kier alpha value is -2.97. The molecular formula is C27H33N3O5. The Kier molecular flexibility index (Phi) is 6.51. The van der Waals surface area contributed by atoms with Crippen molar-refractivity contribution < 1.29 is 24.2 Å². The largest absolute Gasteiger partial charge is 0.396 e. The summed E-state index contributed by atoms with van der Waals surface area (Å²) in [6, 6.07) is 12.9. The second-order valence-corrected chi connectivity index (χ2v) is 9.89. The van der Waals surface area contributed by atoms with E-state index in [1.54, 1.807) is 11.9 Å². The molecule has 3 amide bonds. The van der Waals surface area contributed by atoms with E-state index in [0.717, 1.165) is 36.5 Å². The summed E-state index contributed by atoms with van der Waals surface area (Å²) in [5.41, 5.74) is -0.315. The number of hydrogen-bond acceptors (Lipinski definition) is 5. The summed E-state index contributed by atoms with van der Waals surface area (Å²) in [7, 11) is 1.57. The predicted octanol–water partition coefficient (Wildman–Crippen LogP) is 2.45. The molecule has 3 heterocycles. The highest BCUT2D eigenvalue weighted by atomic mass is 16.5. The maximum Gasteiger partial charge on any atom is 0.250 e. The lowest BCUT2D eigenvalue weighted by Crippen LogP contribution is -2.53. The number of carbonyl (C=O) groups is 3. The zero-order chi connectivity index (χ0) is 24.6. The summed E-state index contributed by atoms with van der Waals surface area (Å²) in [5.74, 6) is -1.86. The minimum Gasteiger partial charge on any atom is -0.396 e. The van der Waals surface area contributed by atoms with Crippen molar-refractivity contribution in [3.05, 3.63) is 42.5 Å². The molecule has 5 atom stereocenters. The first-order chi connectivity index (χ1) is 17.0. The van der Waals surface area contributed by atoms with Crippen LogP contribution in [0.4, 0.5) is 5.69 Å². The summed E-state index contributed by atoms with van der Waals surface area (Å²) >= 11 is 0. The fourth-order valence-electron chi connectivity index (χ4n) is 6.39. The van der Waals surface area contributed by atoms with Crippen LogP contribution in [0.1, 0.15) is 38.5 Å². The van der Waals surface area contributed by atoms with E-state index < -0.39 is 23.5 Å². The van der Waals surface area contributed by atoms with Gasteiger partial charge in [0.25, 0.3) is 0 Å². The molecule has 8 nitrogen and oxygen atoms in total. The maximum atomic E-state index is 13.8. The van der Waals surface area contributed by atoms with Gasteiger partial charge in [-0.05, 0) is 48.6 Å². The molecule has 3 fully saturated rings. The molecule has 3 saturated heterocycles. The van der Waals surface area contributed by atoms with Gasteiger partial charge >= 0.3 is 0 Å². The Balaban J connectivity index is 1.43. The SMILES string of the molecule is CNC(=O)[C@@H]1[C@H]2C(=O)N(CCCCCCO)C(C(=O)Nc3ccc4ccccc4c3)C23CC[C@H]1O3. The van der Waals surface area contributed by atoms with Gasteiger partial charge in [0.2, 0.25) is 17.7 Å². The van der Waals surface area contributed by atoms with Crippen molar-refractivity contribution >= 4 is 34.2 Å². The van der Waals surface area contributed by atoms with Crippen molar-refractivity contribution in [3.63, 3.8) is 0 Å². The average Bonchev–Trinajstić information content (AvgIpc) is 3.51. The molecule has 2 unspecified atom stereocenters. The van der Waals surface area contributed by atoms with Gasteiger partial charge in [0, 0.05) is 25.9 Å². The third-order valence-corrected chi connectivity index (χ3v) is 7.92. The van der Waals surface area contributed by atoms with Gasteiger partial charge in [-0.2, -0.15) is 0 Å². The predicted molar refractivity (Wildman–Crippen MR) is 132 cm³/mol. The molecule has 1 spiro atoms. The fourth-order valence-corrected chi connectivity index (χ4v) is 6.39. The van der Waals surface area contributed by atoms with Crippen LogP contribution in [-0.4, -0.2) is 65.7 Å². The second kappa shape index (κ2) is 9.59. The number of aliphatic hydroxyl groups is 1. The number of unbranched alkanes of at least 4 members (excludes halogenated alkanes) is 3. The molecule has 5 rings (SSSR count). The van der Waals surface area contributed by atoms with E-state index in [2.05, 4.69) is 10.6 Å². The van der Waals surface area contributed by atoms with E-state index in [1.165, 1.54) is 0 Å². The molecule has 2 aromatic carbocycles. The smallest absolute Gasteiger partial charge is 0.250 e. The van der Waals surface area contributed by atoms with Crippen LogP contribution in [0.3, 0.4) is 0 Å². The number of fused-ring (bicyclic) bond motifs is 2. The van der Waals surface area contributed by atoms with Crippen molar-refractivity contribution in [1.29, 1.82) is 0 Å². The van der Waals surface area contributed by atoms with Crippen LogP contribution in [0.5, 0.6) is 0 Å². The first-order valence-corrected chi connectivity index (χ1v) is 12.6. The summed E-state index contributed by atoms with van der Waals surface area (Å²) in [6.45, 7) is 0.570. The van der Waals surface area contributed by atoms with Crippen molar-refractivity contribution in [2.45, 2.75) is 56.3 Å². The van der Waals surface area contributed by atoms with Gasteiger partial charge in [0.05, 0.1) is 17.9 Å². The minimum absolute atomic E-state index is 0.146. The van der Waals surface area contributed by atoms with Gasteiger partial charge in [-0.15, -0.1) is 0 Å². The molecule has 3 aliphatic rings. The number of aliphatic hydroxyl groups excluding tert-OH is 1. The van der Waals surface area contributed by atoms with E-state index in [4.69, 9.17) is 9.84 Å². The van der Waals surface area contributed by atoms with E-state index >= 15 is 0 Å². The van der Waals surface area contributed by atoms with Crippen LogP contribution in [0, 0.1) is 11.8 Å². The lowest BCUT2D eigenvalue weighted by Gasteiger charge is -2.33. The van der Waals surface area contributed by atoms with Crippen molar-refractivity contribution in [2.24, 2.45) is 11.8 Å². The Morgan fingerprint density at radius 2 is 1.86 bits per heavy atom. The normalized spacial score (nSPS) is 29.0. The molecule has 2 aromatic rings. The third kappa shape index (κ3) is 3.98. The van der Waals surface area contributed by atoms with Crippen LogP contribution in [0.15, 0.2) is 42.5 Å². The standard InChI is InChI=1S/C27H33N3O5/c1-28-24(32)21-20-12-13-27(35-20)22(21)26(34)30(14-6-2-3-7-15-31)23(27)25(33)29-19-11-10-17-8-4-5-9-18(17)16-19/h4-5,8-11,16,20-23,31H,2-3,6-7,12-15H2,1H3,(H,28,32)(H,29,33)/t20-,21+,22+,23?,27?/m1/s1. The Bertz CT molecular complexity index is 1140. The highest BCUT2D eigenvalue weighted by Crippen LogP contribution is 2.58. The minimum atomic E-state index is -0.981. The van der Waals surface area contributed by atoms with Gasteiger partial charge in [0.1, 0.15) is 11.6 Å². The molecule has 3 aliphatic heterocycles. The third-order valence-electron chi connectivity index (χ3n) is 7.92. The highest BCUT2D eigenvalue weighted by molar-refractivity contribution is 6.04. The number of likely N-dealkylation sites (tertiary alicyclic amines) is 1. The van der Waals surface area contributed by atoms with Gasteiger partial charge in [0.15, 0.2) is 0 Å². The molecule has 186 valence electrons. The number of nitrogens with one attached hydrogen (secondary N) is 2. The zero-order valence-electron chi connectivity index (χ0n) is 20.0. The van der Waals surface area contributed by atoms with Crippen LogP contribution in [0.2, 0.25) is 0 Å². The summed E-state index contributed by atoms with van der Waals surface area (Å²) in [6.07, 6.45) is 4.05. The van der Waals surface area contributed by atoms with Crippen LogP contribution >= 0.6 is 0 Å². The zero-order valence-corrected chi connectivity index (χ0v) is 20.0. The van der Waals surface area contributed by atoms with Crippen molar-refractivity contribution in [2.75, 3.05) is 25.5 Å². The monoisotopic (exact) mass is 479 g/mol. The molecule has 0 aliphatic carbocycles. The van der Waals surface area contributed by atoms with Gasteiger partial charge in [-0.25, -0.2) is 0 Å². The number of nitrogens with zero attached hydrogens (tertiary/aromatic N) is 1. The van der Waals surface area contributed by atoms with E-state index in [0.29, 0.717) is 25.1 Å². The number of benzene rings is 2. The Labute approximate surface area is 205 Å². The highest BCUT2D eigenvalue weighted by Gasteiger charge is 2.74. The van der Waals surface area contributed by atoms with Gasteiger partial charge in [-0.3, -0.25) is 14.4 Å². The molecule has 2 bridgehead atoms. The second-order valence-electron chi connectivity index (χ2n) is 9.89. The number of ether oxygens (including phenoxy) is 1. The average molecular weight is 480 g/mol. The van der Waals surface area contributed by atoms with E-state index in [1.807, 2.05) is 42.5 Å². The number of amides is 3. The lowest BCUT2D eigenvalue weighted by molar-refractivity contribution is -0.140. The van der Waals surface area contributed by atoms with Crippen LogP contribution in [-0.2, 0) is 19.1 Å². The molecule has 35 heavy (non-hydrogen) atoms. The number of hydrogen-bond donors (Lipinski definition) is 3. The molecule has 3 N–H and O–H groups in total. The van der Waals surface area contributed by atoms with E-state index in [-0.39, 0.29) is 30.4 Å². The summed E-state index contributed by atoms with van der Waals surface area (Å²) in [5, 5.41) is 16.9. The summed E-state index contributed by atoms with van der Waals surface area (Å²) in [4.78, 5) is 41.9. The Morgan fingerprint density at radius 1 is 1.09 bits per heavy atom. The number of rotatable bonds is 9. The lowest BCUT2D eigenvalue weighted by atomic mass is 9.70. The molecular weight excluding hydrogens is 446 g/mol. The molecule has 0 radical (unpaired) electrons. The summed E-state index contributed by atoms with van der Waals surface area (Å²) < 4.78 is 6.39. The topological polar surface area (TPSA) is 108 Å². The number of carbonyl (C=O) groups excluding carboxylic acids is 3. The van der Waals surface area contributed by atoms with Gasteiger partial charge < -0.3 is 25.4 Å². The Morgan fingerprint density at radius 3 is 2.63 bits per heavy atom. The van der Waals surface area contributed by atoms with Crippen molar-refractivity contribution in [1.82, 2.24) is 10.2 Å². The molecule has 0 saturated carbocycles. The quantitative estimate of drug-likeness (QED) is 0.479. The number of anilines is 1. The molecule has 8 heteroatoms. The first kappa shape index (κ1) is 23.8. The van der Waals surface area contributed by atoms with E-state index in [9.17, 15) is 14.4 Å². The first-order valence-electron chi connectivity index (χ1n) is 12.6. The molecule has 0 aromatic heterocycles. The van der Waals surface area contributed by atoms with Crippen LogP contribution < -0.4 is 10.6 Å². The van der Waals surface area contributed by atoms with Crippen LogP contribution in [0.25, 0.3) is 10.8 Å². The maximum absolute atomic E-state index is 13.8. The van der Waals surface area contributed by atoms with Gasteiger partial charge in [-0.1, -0.05) is 43.2 Å². The fraction of sp³-hybridized carbons (Fsp3) is 0.519. The van der Waals surface area contributed by atoms with Crippen molar-refractivity contribution in [3.8, 4) is 0 Å².